The Morgan fingerprint density at radius 2 is 1.17 bits per heavy atom. The number of hydrogen-bond donors (Lipinski definition) is 0. The van der Waals surface area contributed by atoms with Gasteiger partial charge in [-0.2, -0.15) is 0 Å². The first-order valence-corrected chi connectivity index (χ1v) is 15.4. The summed E-state index contributed by atoms with van der Waals surface area (Å²) in [7, 11) is 0. The quantitative estimate of drug-likeness (QED) is 0.0949. The minimum absolute atomic E-state index is 0.0119. The Balaban J connectivity index is 1.27. The summed E-state index contributed by atoms with van der Waals surface area (Å²) < 4.78 is 21.5. The Morgan fingerprint density at radius 1 is 0.681 bits per heavy atom. The number of nitrogens with zero attached hydrogens (tertiary/aromatic N) is 2. The third-order valence-electron chi connectivity index (χ3n) is 7.12. The molecule has 1 fully saturated rings. The van der Waals surface area contributed by atoms with Gasteiger partial charge in [-0.05, 0) is 54.8 Å². The standard InChI is InChI=1S/C34H40N2O11/c1-24(37)35(25(2)38)17-21-46-33(42)5-4-20-45-29-13-9-27(10-14-29)30(39)23-26-7-11-28(12-8-26)44-19-3-6-34(43)47-22-18-36-31(40)15-16-32(36)41/h7-14H,3-6,15-23H2,1-2H3. The van der Waals surface area contributed by atoms with E-state index < -0.39 is 23.8 Å². The van der Waals surface area contributed by atoms with E-state index in [0.29, 0.717) is 29.9 Å². The van der Waals surface area contributed by atoms with Gasteiger partial charge in [0.2, 0.25) is 23.6 Å². The van der Waals surface area contributed by atoms with Crippen LogP contribution in [0.1, 0.15) is 68.3 Å². The molecule has 0 radical (unpaired) electrons. The molecular formula is C34H40N2O11. The van der Waals surface area contributed by atoms with Crippen LogP contribution in [0.2, 0.25) is 0 Å². The van der Waals surface area contributed by atoms with Gasteiger partial charge in [0, 0.05) is 51.5 Å². The molecule has 2 aromatic rings. The van der Waals surface area contributed by atoms with Crippen molar-refractivity contribution in [3.8, 4) is 11.5 Å². The molecule has 0 bridgehead atoms. The smallest absolute Gasteiger partial charge is 0.305 e. The van der Waals surface area contributed by atoms with Crippen LogP contribution >= 0.6 is 0 Å². The van der Waals surface area contributed by atoms with Crippen LogP contribution in [0.15, 0.2) is 48.5 Å². The molecule has 47 heavy (non-hydrogen) atoms. The number of imide groups is 2. The molecule has 0 spiro atoms. The van der Waals surface area contributed by atoms with E-state index in [9.17, 15) is 33.6 Å². The van der Waals surface area contributed by atoms with E-state index in [4.69, 9.17) is 18.9 Å². The van der Waals surface area contributed by atoms with Gasteiger partial charge < -0.3 is 18.9 Å². The zero-order valence-corrected chi connectivity index (χ0v) is 26.7. The van der Waals surface area contributed by atoms with Crippen LogP contribution in [0.3, 0.4) is 0 Å². The molecule has 0 atom stereocenters. The molecule has 4 amide bonds. The van der Waals surface area contributed by atoms with Crippen LogP contribution in [0.5, 0.6) is 11.5 Å². The fraction of sp³-hybridized carbons (Fsp3) is 0.441. The Morgan fingerprint density at radius 3 is 1.68 bits per heavy atom. The van der Waals surface area contributed by atoms with Crippen molar-refractivity contribution >= 4 is 41.4 Å². The maximum absolute atomic E-state index is 12.8. The highest BCUT2D eigenvalue weighted by Gasteiger charge is 2.28. The summed E-state index contributed by atoms with van der Waals surface area (Å²) in [6, 6.07) is 13.8. The Bertz CT molecular complexity index is 1390. The van der Waals surface area contributed by atoms with E-state index in [1.54, 1.807) is 48.5 Å². The van der Waals surface area contributed by atoms with Gasteiger partial charge in [-0.1, -0.05) is 12.1 Å². The average Bonchev–Trinajstić information content (AvgIpc) is 3.36. The summed E-state index contributed by atoms with van der Waals surface area (Å²) >= 11 is 0. The van der Waals surface area contributed by atoms with E-state index in [0.717, 1.165) is 15.4 Å². The van der Waals surface area contributed by atoms with Crippen molar-refractivity contribution in [1.82, 2.24) is 9.80 Å². The highest BCUT2D eigenvalue weighted by Crippen LogP contribution is 2.17. The maximum Gasteiger partial charge on any atom is 0.305 e. The molecule has 0 N–H and O–H groups in total. The molecule has 3 rings (SSSR count). The fourth-order valence-corrected chi connectivity index (χ4v) is 4.60. The molecule has 1 aliphatic heterocycles. The highest BCUT2D eigenvalue weighted by molar-refractivity contribution is 6.02. The van der Waals surface area contributed by atoms with Crippen molar-refractivity contribution in [3.05, 3.63) is 59.7 Å². The molecule has 0 aliphatic carbocycles. The number of ketones is 1. The van der Waals surface area contributed by atoms with Gasteiger partial charge in [-0.15, -0.1) is 0 Å². The summed E-state index contributed by atoms with van der Waals surface area (Å²) in [5.41, 5.74) is 1.33. The molecule has 252 valence electrons. The van der Waals surface area contributed by atoms with Crippen LogP contribution in [0.4, 0.5) is 0 Å². The summed E-state index contributed by atoms with van der Waals surface area (Å²) in [6.07, 6.45) is 1.69. The second-order valence-corrected chi connectivity index (χ2v) is 10.7. The van der Waals surface area contributed by atoms with Crippen LogP contribution < -0.4 is 9.47 Å². The second kappa shape index (κ2) is 18.8. The normalized spacial score (nSPS) is 12.4. The first-order valence-electron chi connectivity index (χ1n) is 15.4. The first kappa shape index (κ1) is 36.4. The summed E-state index contributed by atoms with van der Waals surface area (Å²) in [5.74, 6) is -1.10. The molecular weight excluding hydrogens is 612 g/mol. The lowest BCUT2D eigenvalue weighted by Crippen LogP contribution is -2.36. The van der Waals surface area contributed by atoms with Crippen LogP contribution in [-0.2, 0) is 44.7 Å². The molecule has 13 nitrogen and oxygen atoms in total. The molecule has 1 saturated heterocycles. The third kappa shape index (κ3) is 12.7. The number of ether oxygens (including phenoxy) is 4. The number of amides is 4. The predicted octanol–water partition coefficient (Wildman–Crippen LogP) is 3.06. The van der Waals surface area contributed by atoms with Gasteiger partial charge in [0.1, 0.15) is 24.7 Å². The number of carbonyl (C=O) groups is 7. The van der Waals surface area contributed by atoms with Crippen molar-refractivity contribution in [2.75, 3.05) is 39.5 Å². The Labute approximate surface area is 273 Å². The van der Waals surface area contributed by atoms with Gasteiger partial charge >= 0.3 is 11.9 Å². The van der Waals surface area contributed by atoms with E-state index in [-0.39, 0.29) is 89.2 Å². The number of Topliss-reactive ketones (excluding diaryl/α,β-unsaturated/α-hetero) is 1. The number of likely N-dealkylation sites (tertiary alicyclic amines) is 1. The van der Waals surface area contributed by atoms with Gasteiger partial charge in [0.25, 0.3) is 0 Å². The zero-order valence-electron chi connectivity index (χ0n) is 26.7. The minimum atomic E-state index is -0.455. The lowest BCUT2D eigenvalue weighted by molar-refractivity contribution is -0.149. The predicted molar refractivity (Wildman–Crippen MR) is 166 cm³/mol. The fourth-order valence-electron chi connectivity index (χ4n) is 4.60. The monoisotopic (exact) mass is 652 g/mol. The van der Waals surface area contributed by atoms with Crippen molar-refractivity contribution < 1.29 is 52.5 Å². The van der Waals surface area contributed by atoms with Crippen molar-refractivity contribution in [2.24, 2.45) is 0 Å². The number of carbonyl (C=O) groups excluding carboxylic acids is 7. The second-order valence-electron chi connectivity index (χ2n) is 10.7. The molecule has 2 aromatic carbocycles. The summed E-state index contributed by atoms with van der Waals surface area (Å²) in [4.78, 5) is 84.5. The topological polar surface area (TPSA) is 163 Å². The molecule has 1 aliphatic rings. The van der Waals surface area contributed by atoms with Crippen LogP contribution in [0, 0.1) is 0 Å². The highest BCUT2D eigenvalue weighted by atomic mass is 16.5. The molecule has 13 heteroatoms. The molecule has 0 saturated carbocycles. The Kier molecular flexibility index (Phi) is 14.6. The molecule has 0 aromatic heterocycles. The first-order chi connectivity index (χ1) is 22.5. The molecule has 0 unspecified atom stereocenters. The summed E-state index contributed by atoms with van der Waals surface area (Å²) in [6.45, 7) is 3.09. The lowest BCUT2D eigenvalue weighted by Gasteiger charge is -2.16. The zero-order chi connectivity index (χ0) is 34.2. The third-order valence-corrected chi connectivity index (χ3v) is 7.12. The van der Waals surface area contributed by atoms with Gasteiger partial charge in [-0.25, -0.2) is 0 Å². The average molecular weight is 653 g/mol. The van der Waals surface area contributed by atoms with E-state index >= 15 is 0 Å². The molecule has 1 heterocycles. The Hall–Kier alpha value is -5.07. The van der Waals surface area contributed by atoms with E-state index in [1.807, 2.05) is 0 Å². The van der Waals surface area contributed by atoms with Crippen molar-refractivity contribution in [3.63, 3.8) is 0 Å². The van der Waals surface area contributed by atoms with Gasteiger partial charge in [0.15, 0.2) is 5.78 Å². The SMILES string of the molecule is CC(=O)N(CCOC(=O)CCCOc1ccc(C(=O)Cc2ccc(OCCCC(=O)OCCN3C(=O)CCC3=O)cc2)cc1)C(C)=O. The number of benzene rings is 2. The van der Waals surface area contributed by atoms with Crippen LogP contribution in [-0.4, -0.2) is 90.7 Å². The van der Waals surface area contributed by atoms with Gasteiger partial charge in [-0.3, -0.25) is 43.4 Å². The van der Waals surface area contributed by atoms with Crippen molar-refractivity contribution in [1.29, 1.82) is 0 Å². The number of esters is 2. The number of hydrogen-bond acceptors (Lipinski definition) is 11. The lowest BCUT2D eigenvalue weighted by atomic mass is 10.0. The number of rotatable bonds is 19. The van der Waals surface area contributed by atoms with E-state index in [2.05, 4.69) is 0 Å². The minimum Gasteiger partial charge on any atom is -0.494 e. The van der Waals surface area contributed by atoms with Gasteiger partial charge in [0.05, 0.1) is 26.3 Å². The maximum atomic E-state index is 12.8. The van der Waals surface area contributed by atoms with E-state index in [1.165, 1.54) is 13.8 Å². The van der Waals surface area contributed by atoms with Crippen molar-refractivity contribution in [2.45, 2.75) is 58.8 Å². The largest absolute Gasteiger partial charge is 0.494 e. The summed E-state index contributed by atoms with van der Waals surface area (Å²) in [5, 5.41) is 0. The van der Waals surface area contributed by atoms with Crippen LogP contribution in [0.25, 0.3) is 0 Å².